The molecule has 11 rings (SSSR count). The molecule has 1 spiro atoms. The maximum absolute atomic E-state index is 13.4. The van der Waals surface area contributed by atoms with Gasteiger partial charge in [0.25, 0.3) is 0 Å². The van der Waals surface area contributed by atoms with Crippen LogP contribution in [0.4, 0.5) is 0 Å². The van der Waals surface area contributed by atoms with E-state index in [2.05, 4.69) is 30.3 Å². The van der Waals surface area contributed by atoms with Gasteiger partial charge in [0.2, 0.25) is 0 Å². The van der Waals surface area contributed by atoms with Crippen LogP contribution in [0.1, 0.15) is 10.4 Å². The molecule has 10 heterocycles. The van der Waals surface area contributed by atoms with Crippen LogP contribution in [0.2, 0.25) is 44.6 Å². The van der Waals surface area contributed by atoms with Gasteiger partial charge in [-0.2, -0.15) is 0 Å². The van der Waals surface area contributed by atoms with Crippen molar-refractivity contribution < 1.29 is 12.5 Å². The standard InChI is InChI=1S/C12H9O.C5H5.Ru/c13-12(11-8-4-5-9-11)10-6-2-1-3-7-10;1-2-4-5-3-1;/h1-9H;1-5H;. The summed E-state index contributed by atoms with van der Waals surface area (Å²) < 4.78 is 11.6. The van der Waals surface area contributed by atoms with Gasteiger partial charge in [-0.05, 0) is 0 Å². The Kier molecular flexibility index (Phi) is 0.224. The van der Waals surface area contributed by atoms with Crippen molar-refractivity contribution in [1.82, 2.24) is 0 Å². The Hall–Kier alpha value is -0.487. The van der Waals surface area contributed by atoms with Crippen molar-refractivity contribution in [3.63, 3.8) is 0 Å². The first kappa shape index (κ1) is 6.98. The molecule has 10 fully saturated rings. The topological polar surface area (TPSA) is 17.1 Å². The van der Waals surface area contributed by atoms with E-state index in [4.69, 9.17) is 0 Å². The number of carbonyl (C=O) groups excluding carboxylic acids is 1. The molecule has 0 saturated carbocycles. The van der Waals surface area contributed by atoms with Crippen LogP contribution < -0.4 is 0 Å². The van der Waals surface area contributed by atoms with Gasteiger partial charge in [-0.1, -0.05) is 0 Å². The van der Waals surface area contributed by atoms with Gasteiger partial charge in [-0.15, -0.1) is 0 Å². The van der Waals surface area contributed by atoms with Crippen LogP contribution >= 0.6 is 0 Å². The number of hydrogen-bond acceptors (Lipinski definition) is 1. The second-order valence-electron chi connectivity index (χ2n) is 11.4. The van der Waals surface area contributed by atoms with E-state index in [1.807, 2.05) is 0 Å². The predicted octanol–water partition coefficient (Wildman–Crippen LogP) is 4.63. The Balaban J connectivity index is 1.45. The fraction of sp³-hybridized carbons (Fsp3) is 0.588. The van der Waals surface area contributed by atoms with E-state index in [0.29, 0.717) is 9.79 Å². The van der Waals surface area contributed by atoms with E-state index in [1.54, 1.807) is 0 Å². The van der Waals surface area contributed by atoms with Gasteiger partial charge in [-0.25, -0.2) is 0 Å². The molecular weight excluding hydrogens is 321 g/mol. The summed E-state index contributed by atoms with van der Waals surface area (Å²) >= 11 is 0. The average molecular weight is 335 g/mol. The van der Waals surface area contributed by atoms with Crippen LogP contribution in [0.15, 0.2) is 30.3 Å². The molecule has 0 N–H and O–H groups in total. The summed E-state index contributed by atoms with van der Waals surface area (Å²) in [5.74, 6) is 0.688. The van der Waals surface area contributed by atoms with E-state index >= 15 is 0 Å². The van der Waals surface area contributed by atoms with Gasteiger partial charge in [0, 0.05) is 0 Å². The normalized spacial score (nSPS) is 107. The summed E-state index contributed by atoms with van der Waals surface area (Å²) in [4.78, 5) is 13.4. The molecule has 1 aromatic rings. The van der Waals surface area contributed by atoms with Gasteiger partial charge in [0.15, 0.2) is 0 Å². The Morgan fingerprint density at radius 3 is 1.74 bits per heavy atom. The monoisotopic (exact) mass is 336 g/mol. The molecule has 0 aliphatic carbocycles. The van der Waals surface area contributed by atoms with Crippen molar-refractivity contribution in [1.29, 1.82) is 0 Å². The zero-order chi connectivity index (χ0) is 11.7. The molecule has 10 aliphatic rings. The summed E-state index contributed by atoms with van der Waals surface area (Å²) in [6.45, 7) is 0. The third kappa shape index (κ3) is 0.0793. The summed E-state index contributed by atoms with van der Waals surface area (Å²) in [5.41, 5.74) is 1.08. The summed E-state index contributed by atoms with van der Waals surface area (Å²) in [7, 11) is -3.46. The molecule has 10 aliphatic heterocycles. The number of hydrogen-bond donors (Lipinski definition) is 0. The summed E-state index contributed by atoms with van der Waals surface area (Å²) in [6.07, 6.45) is 0. The van der Waals surface area contributed by atoms with Crippen LogP contribution in [-0.4, -0.2) is 5.78 Å². The van der Waals surface area contributed by atoms with E-state index in [1.165, 1.54) is 31.6 Å². The molecule has 96 valence electrons. The van der Waals surface area contributed by atoms with Crippen LogP contribution in [0.25, 0.3) is 0 Å². The van der Waals surface area contributed by atoms with E-state index in [9.17, 15) is 4.79 Å². The molecule has 10 saturated heterocycles. The van der Waals surface area contributed by atoms with Crippen molar-refractivity contribution in [3.8, 4) is 0 Å². The van der Waals surface area contributed by atoms with Gasteiger partial charge >= 0.3 is 98.8 Å². The van der Waals surface area contributed by atoms with E-state index in [-0.39, 0.29) is 0 Å². The fourth-order valence-corrected chi connectivity index (χ4v) is 150. The first-order valence-corrected chi connectivity index (χ1v) is 17.8. The van der Waals surface area contributed by atoms with E-state index in [0.717, 1.165) is 14.6 Å². The zero-order valence-corrected chi connectivity index (χ0v) is 12.1. The van der Waals surface area contributed by atoms with Gasteiger partial charge < -0.3 is 0 Å². The number of fused-ring (bicyclic) bond motifs is 10. The van der Waals surface area contributed by atoms with Crippen LogP contribution in [0.5, 0.6) is 0 Å². The number of carbonyl (C=O) groups is 1. The SMILES string of the molecule is O=C(c1ccccc1)[C]12[CH]3[CH]4[CH]5[CH]1[Ru]45321678[CH]2[CH]1[CH]6[CH]7[CH]28. The average Bonchev–Trinajstić information content (AvgIpc) is 3.39. The molecule has 0 radical (unpaired) electrons. The molecule has 0 bridgehead atoms. The fourth-order valence-electron chi connectivity index (χ4n) is 17.6. The maximum atomic E-state index is 13.4. The van der Waals surface area contributed by atoms with Crippen LogP contribution in [0.3, 0.4) is 0 Å². The second-order valence-corrected chi connectivity index (χ2v) is 48.5. The first-order chi connectivity index (χ1) is 9.06. The molecule has 0 amide bonds. The summed E-state index contributed by atoms with van der Waals surface area (Å²) in [5, 5.41) is 0. The minimum atomic E-state index is -3.46. The Labute approximate surface area is 98.6 Å². The number of Topliss-reactive ketones (excluding diaryl/α,β-unsaturated/α-hetero) is 1. The molecular formula is C17H14ORu. The molecule has 2 heteroatoms. The Morgan fingerprint density at radius 1 is 0.842 bits per heavy atom. The second kappa shape index (κ2) is 0.610. The van der Waals surface area contributed by atoms with Crippen LogP contribution in [0, 0.1) is 0 Å². The molecule has 1 aromatic carbocycles. The van der Waals surface area contributed by atoms with Crippen LogP contribution in [-0.2, 0) is 7.72 Å². The number of rotatable bonds is 2. The summed E-state index contributed by atoms with van der Waals surface area (Å²) in [6, 6.07) is 10.4. The third-order valence-electron chi connectivity index (χ3n) is 16.1. The van der Waals surface area contributed by atoms with Gasteiger partial charge in [-0.3, -0.25) is 0 Å². The van der Waals surface area contributed by atoms with Crippen molar-refractivity contribution in [2.24, 2.45) is 0 Å². The van der Waals surface area contributed by atoms with Crippen molar-refractivity contribution in [3.05, 3.63) is 35.9 Å². The zero-order valence-electron chi connectivity index (χ0n) is 10.3. The Bertz CT molecular complexity index is 1120. The van der Waals surface area contributed by atoms with E-state index < -0.39 is 7.72 Å². The number of ketones is 1. The van der Waals surface area contributed by atoms with Crippen molar-refractivity contribution >= 4 is 5.78 Å². The van der Waals surface area contributed by atoms with Crippen molar-refractivity contribution in [2.45, 2.75) is 44.6 Å². The Morgan fingerprint density at radius 2 is 1.37 bits per heavy atom. The first-order valence-electron chi connectivity index (χ1n) is 7.87. The molecule has 4 atom stereocenters. The van der Waals surface area contributed by atoms with Crippen molar-refractivity contribution in [2.75, 3.05) is 0 Å². The number of benzene rings is 1. The molecule has 1 nitrogen and oxygen atoms in total. The predicted molar refractivity (Wildman–Crippen MR) is 67.2 cm³/mol. The van der Waals surface area contributed by atoms with Gasteiger partial charge in [0.1, 0.15) is 0 Å². The third-order valence-corrected chi connectivity index (χ3v) is 82.6. The molecule has 4 unspecified atom stereocenters. The quantitative estimate of drug-likeness (QED) is 0.569. The minimum absolute atomic E-state index is 0.435. The molecule has 0 aromatic heterocycles. The molecule has 19 heavy (non-hydrogen) atoms. The van der Waals surface area contributed by atoms with Gasteiger partial charge in [0.05, 0.1) is 0 Å².